The van der Waals surface area contributed by atoms with Crippen LogP contribution in [0.25, 0.3) is 21.8 Å². The third-order valence-electron chi connectivity index (χ3n) is 13.9. The summed E-state index contributed by atoms with van der Waals surface area (Å²) in [6.07, 6.45) is 12.0. The van der Waals surface area contributed by atoms with Crippen LogP contribution >= 0.6 is 0 Å². The number of benzene rings is 2. The van der Waals surface area contributed by atoms with Gasteiger partial charge in [-0.05, 0) is 99.6 Å². The Morgan fingerprint density at radius 2 is 1.09 bits per heavy atom. The number of rotatable bonds is 6. The maximum Gasteiger partial charge on any atom is 0.319 e. The molecule has 6 aliphatic rings. The van der Waals surface area contributed by atoms with Crippen molar-refractivity contribution in [1.82, 2.24) is 19.8 Å². The van der Waals surface area contributed by atoms with Crippen LogP contribution in [0.1, 0.15) is 74.9 Å². The van der Waals surface area contributed by atoms with E-state index in [2.05, 4.69) is 68.3 Å². The van der Waals surface area contributed by atoms with Crippen molar-refractivity contribution in [2.45, 2.75) is 100 Å². The molecule has 2 saturated heterocycles. The monoisotopic (exact) mass is 760 g/mol. The number of aromatic nitrogens is 2. The van der Waals surface area contributed by atoms with Gasteiger partial charge in [-0.15, -0.1) is 0 Å². The first-order chi connectivity index (χ1) is 27.4. The first-order valence-corrected chi connectivity index (χ1v) is 20.9. The number of H-pyrrole nitrogens is 2. The van der Waals surface area contributed by atoms with Crippen LogP contribution in [0.2, 0.25) is 0 Å². The van der Waals surface area contributed by atoms with Gasteiger partial charge in [-0.1, -0.05) is 48.6 Å². The second kappa shape index (κ2) is 14.9. The van der Waals surface area contributed by atoms with Crippen molar-refractivity contribution in [3.05, 3.63) is 94.3 Å². The van der Waals surface area contributed by atoms with E-state index in [0.717, 1.165) is 100.0 Å². The van der Waals surface area contributed by atoms with E-state index in [1.54, 1.807) is 0 Å². The molecule has 0 radical (unpaired) electrons. The molecule has 2 aromatic carbocycles. The molecule has 10 nitrogen and oxygen atoms in total. The molecule has 56 heavy (non-hydrogen) atoms. The van der Waals surface area contributed by atoms with Crippen LogP contribution in [0, 0.1) is 0 Å². The van der Waals surface area contributed by atoms with Gasteiger partial charge >= 0.3 is 11.9 Å². The number of aromatic amines is 2. The Labute approximate surface area is 329 Å². The summed E-state index contributed by atoms with van der Waals surface area (Å²) in [6.45, 7) is 9.29. The zero-order valence-electron chi connectivity index (χ0n) is 33.3. The maximum atomic E-state index is 13.5. The predicted octanol–water partition coefficient (Wildman–Crippen LogP) is 6.67. The van der Waals surface area contributed by atoms with Crippen molar-refractivity contribution < 1.29 is 28.5 Å². The number of nitrogens with one attached hydrogen (secondary N) is 2. The van der Waals surface area contributed by atoms with Gasteiger partial charge in [-0.25, -0.2) is 0 Å². The number of ether oxygens (including phenoxy) is 4. The Hall–Kier alpha value is -4.22. The highest BCUT2D eigenvalue weighted by Crippen LogP contribution is 2.52. The molecule has 2 aliphatic carbocycles. The number of para-hydroxylation sites is 2. The van der Waals surface area contributed by atoms with Crippen LogP contribution < -0.4 is 0 Å². The van der Waals surface area contributed by atoms with E-state index >= 15 is 0 Å². The summed E-state index contributed by atoms with van der Waals surface area (Å²) in [5.74, 6) is -0.250. The minimum absolute atomic E-state index is 0.00770. The molecule has 6 atom stereocenters. The van der Waals surface area contributed by atoms with Gasteiger partial charge < -0.3 is 28.9 Å². The van der Waals surface area contributed by atoms with Crippen LogP contribution in [0.15, 0.2) is 71.8 Å². The fourth-order valence-corrected chi connectivity index (χ4v) is 11.8. The lowest BCUT2D eigenvalue weighted by molar-refractivity contribution is -0.153. The Kier molecular flexibility index (Phi) is 9.97. The average Bonchev–Trinajstić information content (AvgIpc) is 3.72. The van der Waals surface area contributed by atoms with E-state index < -0.39 is 10.8 Å². The van der Waals surface area contributed by atoms with Crippen molar-refractivity contribution in [3.8, 4) is 0 Å². The third-order valence-corrected chi connectivity index (χ3v) is 13.9. The molecular formula is C46H56N4O6. The number of fused-ring (bicyclic) bond motifs is 8. The van der Waals surface area contributed by atoms with Gasteiger partial charge in [0, 0.05) is 72.6 Å². The van der Waals surface area contributed by atoms with E-state index in [1.165, 1.54) is 47.3 Å². The van der Waals surface area contributed by atoms with Gasteiger partial charge in [-0.3, -0.25) is 19.4 Å². The second-order valence-corrected chi connectivity index (χ2v) is 16.3. The molecule has 0 amide bonds. The predicted molar refractivity (Wildman–Crippen MR) is 217 cm³/mol. The second-order valence-electron chi connectivity index (χ2n) is 16.3. The quantitative estimate of drug-likeness (QED) is 0.166. The molecule has 4 aromatic rings. The molecule has 0 bridgehead atoms. The highest BCUT2D eigenvalue weighted by molar-refractivity contribution is 5.93. The van der Waals surface area contributed by atoms with Crippen molar-refractivity contribution in [2.75, 3.05) is 53.6 Å². The summed E-state index contributed by atoms with van der Waals surface area (Å²) in [5, 5.41) is 2.47. The van der Waals surface area contributed by atoms with E-state index in [1.807, 2.05) is 26.0 Å². The van der Waals surface area contributed by atoms with Gasteiger partial charge in [0.1, 0.15) is 10.8 Å². The average molecular weight is 761 g/mol. The molecule has 10 rings (SSSR count). The standard InChI is InChI=1S/2C23H28N2O3/c2*1-3-28-19-11-14-25-13-10-16-15-7-4-5-9-18(15)24-20(16)23(22(26)27-2)12-6-8-17(19)21(23)25/h2*4-5,7-9,19,21,24H,3,6,10-14H2,1-2H3/t2*19-,21-,23-/m10/s1. The summed E-state index contributed by atoms with van der Waals surface area (Å²) in [6, 6.07) is 16.8. The molecule has 4 aliphatic heterocycles. The molecule has 2 aromatic heterocycles. The first kappa shape index (κ1) is 37.4. The maximum absolute atomic E-state index is 13.5. The van der Waals surface area contributed by atoms with Gasteiger partial charge in [0.15, 0.2) is 0 Å². The van der Waals surface area contributed by atoms with Crippen molar-refractivity contribution in [3.63, 3.8) is 0 Å². The van der Waals surface area contributed by atoms with Gasteiger partial charge in [0.05, 0.1) is 38.5 Å². The smallest absolute Gasteiger partial charge is 0.319 e. The summed E-state index contributed by atoms with van der Waals surface area (Å²) in [7, 11) is 3.05. The number of hydrogen-bond donors (Lipinski definition) is 2. The fourth-order valence-electron chi connectivity index (χ4n) is 11.8. The molecule has 6 heterocycles. The number of nitrogens with zero attached hydrogens (tertiary/aromatic N) is 2. The van der Waals surface area contributed by atoms with Crippen molar-refractivity contribution in [1.29, 1.82) is 0 Å². The number of carbonyl (C=O) groups is 2. The lowest BCUT2D eigenvalue weighted by atomic mass is 9.64. The molecule has 296 valence electrons. The van der Waals surface area contributed by atoms with Crippen LogP contribution in [0.5, 0.6) is 0 Å². The highest BCUT2D eigenvalue weighted by Gasteiger charge is 2.60. The van der Waals surface area contributed by atoms with Crippen molar-refractivity contribution in [2.24, 2.45) is 0 Å². The lowest BCUT2D eigenvalue weighted by Gasteiger charge is -2.50. The zero-order chi connectivity index (χ0) is 38.6. The Morgan fingerprint density at radius 1 is 0.661 bits per heavy atom. The molecule has 2 N–H and O–H groups in total. The largest absolute Gasteiger partial charge is 0.468 e. The molecule has 2 fully saturated rings. The number of carbonyl (C=O) groups excluding carboxylic acids is 2. The Balaban J connectivity index is 0.000000146. The minimum Gasteiger partial charge on any atom is -0.468 e. The highest BCUT2D eigenvalue weighted by atomic mass is 16.5. The molecule has 0 spiro atoms. The van der Waals surface area contributed by atoms with Crippen LogP contribution in [0.3, 0.4) is 0 Å². The lowest BCUT2D eigenvalue weighted by Crippen LogP contribution is -2.61. The van der Waals surface area contributed by atoms with E-state index in [9.17, 15) is 9.59 Å². The molecule has 10 heteroatoms. The first-order valence-electron chi connectivity index (χ1n) is 20.9. The van der Waals surface area contributed by atoms with Gasteiger partial charge in [0.25, 0.3) is 0 Å². The SMILES string of the molecule is CCO[C@@H]1CCN2CCc3c([nH]c4ccccc34)[C@]3(C(=O)OC)CCC=C1[C@@H]23.CCO[C@H]1CCN2CCc3c([nH]c4ccccc34)[C@@]3(C(=O)OC)CCC=C1[C@H]23. The van der Waals surface area contributed by atoms with Gasteiger partial charge in [0.2, 0.25) is 0 Å². The number of piperidine rings is 2. The number of esters is 2. The fraction of sp³-hybridized carbons (Fsp3) is 0.522. The van der Waals surface area contributed by atoms with Crippen LogP contribution in [0.4, 0.5) is 0 Å². The van der Waals surface area contributed by atoms with E-state index in [0.29, 0.717) is 13.2 Å². The zero-order valence-corrected chi connectivity index (χ0v) is 33.3. The summed E-state index contributed by atoms with van der Waals surface area (Å²) < 4.78 is 23.1. The summed E-state index contributed by atoms with van der Waals surface area (Å²) in [5.41, 5.74) is 8.07. The normalized spacial score (nSPS) is 29.6. The molecule has 0 saturated carbocycles. The molecular weight excluding hydrogens is 705 g/mol. The number of hydrogen-bond acceptors (Lipinski definition) is 8. The Bertz CT molecular complexity index is 2050. The topological polar surface area (TPSA) is 109 Å². The summed E-state index contributed by atoms with van der Waals surface area (Å²) >= 11 is 0. The van der Waals surface area contributed by atoms with Crippen molar-refractivity contribution >= 4 is 33.7 Å². The van der Waals surface area contributed by atoms with E-state index in [4.69, 9.17) is 18.9 Å². The minimum atomic E-state index is -0.695. The third kappa shape index (κ3) is 5.57. The van der Waals surface area contributed by atoms with Gasteiger partial charge in [-0.2, -0.15) is 0 Å². The number of methoxy groups -OCH3 is 2. The number of allylic oxidation sites excluding steroid dienone is 2. The Morgan fingerprint density at radius 3 is 1.50 bits per heavy atom. The van der Waals surface area contributed by atoms with Crippen LogP contribution in [-0.2, 0) is 52.2 Å². The molecule has 0 unspecified atom stereocenters. The van der Waals surface area contributed by atoms with E-state index in [-0.39, 0.29) is 36.2 Å². The van der Waals surface area contributed by atoms with Crippen LogP contribution in [-0.4, -0.2) is 110 Å². The summed E-state index contributed by atoms with van der Waals surface area (Å²) in [4.78, 5) is 39.3.